The second kappa shape index (κ2) is 5.66. The van der Waals surface area contributed by atoms with Crippen molar-refractivity contribution in [2.45, 2.75) is 19.0 Å². The molecule has 8 heteroatoms. The molecule has 0 aliphatic carbocycles. The molecule has 1 aromatic rings. The highest BCUT2D eigenvalue weighted by atomic mass is 19.4. The van der Waals surface area contributed by atoms with Gasteiger partial charge < -0.3 is 4.74 Å². The first-order chi connectivity index (χ1) is 9.38. The number of hydrogen-bond donors (Lipinski definition) is 0. The fourth-order valence-corrected chi connectivity index (χ4v) is 2.05. The lowest BCUT2D eigenvalue weighted by Gasteiger charge is -2.18. The van der Waals surface area contributed by atoms with E-state index in [1.807, 2.05) is 4.90 Å². The molecule has 1 aliphatic heterocycles. The molecule has 0 spiro atoms. The molecule has 1 aromatic carbocycles. The molecule has 5 nitrogen and oxygen atoms in total. The van der Waals surface area contributed by atoms with Crippen LogP contribution in [0.5, 0.6) is 5.75 Å². The molecule has 0 unspecified atom stereocenters. The second-order valence-corrected chi connectivity index (χ2v) is 4.53. The average molecular weight is 290 g/mol. The number of rotatable bonds is 4. The van der Waals surface area contributed by atoms with Crippen molar-refractivity contribution in [3.8, 4) is 5.75 Å². The molecule has 2 rings (SSSR count). The van der Waals surface area contributed by atoms with Crippen LogP contribution in [0.4, 0.5) is 18.9 Å². The van der Waals surface area contributed by atoms with E-state index in [9.17, 15) is 23.3 Å². The number of ether oxygens (including phenoxy) is 1. The molecule has 0 saturated carbocycles. The van der Waals surface area contributed by atoms with E-state index in [4.69, 9.17) is 4.74 Å². The summed E-state index contributed by atoms with van der Waals surface area (Å²) in [5.41, 5.74) is -1.42. The van der Waals surface area contributed by atoms with Gasteiger partial charge in [0, 0.05) is 19.2 Å². The molecule has 0 atom stereocenters. The van der Waals surface area contributed by atoms with Gasteiger partial charge in [-0.1, -0.05) is 0 Å². The van der Waals surface area contributed by atoms with Crippen LogP contribution in [0.3, 0.4) is 0 Å². The molecular formula is C12H13F3N2O3. The lowest BCUT2D eigenvalue weighted by molar-refractivity contribution is -0.385. The number of likely N-dealkylation sites (tertiary alicyclic amines) is 1. The van der Waals surface area contributed by atoms with Gasteiger partial charge in [-0.15, -0.1) is 0 Å². The van der Waals surface area contributed by atoms with Crippen molar-refractivity contribution in [3.05, 3.63) is 33.9 Å². The maximum atomic E-state index is 12.8. The van der Waals surface area contributed by atoms with Crippen LogP contribution in [-0.4, -0.2) is 29.6 Å². The Bertz CT molecular complexity index is 499. The van der Waals surface area contributed by atoms with Crippen molar-refractivity contribution in [2.24, 2.45) is 0 Å². The molecule has 0 amide bonds. The van der Waals surface area contributed by atoms with Gasteiger partial charge in [0.25, 0.3) is 5.69 Å². The van der Waals surface area contributed by atoms with Crippen molar-refractivity contribution in [2.75, 3.05) is 19.8 Å². The molecule has 1 fully saturated rings. The van der Waals surface area contributed by atoms with E-state index in [2.05, 4.69) is 0 Å². The molecule has 1 heterocycles. The van der Waals surface area contributed by atoms with Gasteiger partial charge in [-0.25, -0.2) is 0 Å². The van der Waals surface area contributed by atoms with Crippen molar-refractivity contribution < 1.29 is 22.8 Å². The largest absolute Gasteiger partial charge is 0.477 e. The van der Waals surface area contributed by atoms with Crippen molar-refractivity contribution >= 4 is 5.69 Å². The Kier molecular flexibility index (Phi) is 4.12. The van der Waals surface area contributed by atoms with Gasteiger partial charge in [-0.2, -0.15) is 13.2 Å². The normalized spacial score (nSPS) is 16.4. The smallest absolute Gasteiger partial charge is 0.419 e. The van der Waals surface area contributed by atoms with Gasteiger partial charge in [0.1, 0.15) is 12.5 Å². The molecule has 0 N–H and O–H groups in total. The molecule has 1 saturated heterocycles. The Morgan fingerprint density at radius 2 is 1.95 bits per heavy atom. The van der Waals surface area contributed by atoms with Crippen LogP contribution in [-0.2, 0) is 6.18 Å². The highest BCUT2D eigenvalue weighted by Crippen LogP contribution is 2.38. The zero-order valence-corrected chi connectivity index (χ0v) is 10.5. The zero-order valence-electron chi connectivity index (χ0n) is 10.5. The predicted molar refractivity (Wildman–Crippen MR) is 64.4 cm³/mol. The Morgan fingerprint density at radius 3 is 2.50 bits per heavy atom. The molecule has 20 heavy (non-hydrogen) atoms. The van der Waals surface area contributed by atoms with Crippen LogP contribution in [0.2, 0.25) is 0 Å². The highest BCUT2D eigenvalue weighted by Gasteiger charge is 2.35. The number of nitro groups is 1. The Labute approximate surface area is 113 Å². The van der Waals surface area contributed by atoms with Crippen molar-refractivity contribution in [1.82, 2.24) is 4.90 Å². The van der Waals surface area contributed by atoms with Crippen LogP contribution in [0, 0.1) is 10.1 Å². The maximum absolute atomic E-state index is 12.8. The van der Waals surface area contributed by atoms with E-state index in [1.54, 1.807) is 0 Å². The summed E-state index contributed by atoms with van der Waals surface area (Å²) in [6.07, 6.45) is -2.65. The zero-order chi connectivity index (χ0) is 14.8. The van der Waals surface area contributed by atoms with Gasteiger partial charge in [-0.05, 0) is 18.9 Å². The number of nitro benzene ring substituents is 1. The van der Waals surface area contributed by atoms with Gasteiger partial charge in [0.15, 0.2) is 0 Å². The van der Waals surface area contributed by atoms with Gasteiger partial charge >= 0.3 is 6.18 Å². The van der Waals surface area contributed by atoms with Gasteiger partial charge in [-0.3, -0.25) is 15.0 Å². The molecule has 0 aromatic heterocycles. The third kappa shape index (κ3) is 3.38. The summed E-state index contributed by atoms with van der Waals surface area (Å²) < 4.78 is 43.6. The quantitative estimate of drug-likeness (QED) is 0.631. The summed E-state index contributed by atoms with van der Waals surface area (Å²) in [7, 11) is 0. The summed E-state index contributed by atoms with van der Waals surface area (Å²) in [6, 6.07) is 2.32. The number of non-ortho nitro benzene ring substituents is 1. The Balaban J connectivity index is 2.21. The first kappa shape index (κ1) is 14.6. The number of benzene rings is 1. The topological polar surface area (TPSA) is 55.6 Å². The average Bonchev–Trinajstić information content (AvgIpc) is 2.87. The minimum absolute atomic E-state index is 0.00421. The van der Waals surface area contributed by atoms with E-state index in [1.165, 1.54) is 0 Å². The summed E-state index contributed by atoms with van der Waals surface area (Å²) in [6.45, 7) is 1.52. The maximum Gasteiger partial charge on any atom is 0.419 e. The molecular weight excluding hydrogens is 277 g/mol. The predicted octanol–water partition coefficient (Wildman–Crippen LogP) is 3.05. The standard InChI is InChI=1S/C12H13F3N2O3/c13-12(14,15)10-4-3-9(17(18)19)7-11(10)20-8-16-5-1-2-6-16/h3-4,7H,1-2,5-6,8H2. The van der Waals surface area contributed by atoms with Crippen molar-refractivity contribution in [3.63, 3.8) is 0 Å². The third-order valence-electron chi connectivity index (χ3n) is 3.08. The summed E-state index contributed by atoms with van der Waals surface area (Å²) in [5, 5.41) is 10.6. The third-order valence-corrected chi connectivity index (χ3v) is 3.08. The first-order valence-electron chi connectivity index (χ1n) is 6.09. The SMILES string of the molecule is O=[N+]([O-])c1ccc(C(F)(F)F)c(OCN2CCCC2)c1. The number of halogens is 3. The minimum Gasteiger partial charge on any atom is -0.477 e. The minimum atomic E-state index is -4.60. The van der Waals surface area contributed by atoms with E-state index >= 15 is 0 Å². The lowest BCUT2D eigenvalue weighted by atomic mass is 10.1. The summed E-state index contributed by atoms with van der Waals surface area (Å²) >= 11 is 0. The van der Waals surface area contributed by atoms with E-state index in [0.717, 1.165) is 38.1 Å². The first-order valence-corrected chi connectivity index (χ1v) is 6.09. The van der Waals surface area contributed by atoms with Crippen LogP contribution in [0.15, 0.2) is 18.2 Å². The van der Waals surface area contributed by atoms with Crippen molar-refractivity contribution in [1.29, 1.82) is 0 Å². The van der Waals surface area contributed by atoms with E-state index in [-0.39, 0.29) is 6.73 Å². The van der Waals surface area contributed by atoms with Crippen LogP contribution in [0.25, 0.3) is 0 Å². The van der Waals surface area contributed by atoms with Gasteiger partial charge in [0.05, 0.1) is 16.6 Å². The Hall–Kier alpha value is -1.83. The fourth-order valence-electron chi connectivity index (χ4n) is 2.05. The number of hydrogen-bond acceptors (Lipinski definition) is 4. The van der Waals surface area contributed by atoms with Crippen LogP contribution >= 0.6 is 0 Å². The Morgan fingerprint density at radius 1 is 1.30 bits per heavy atom. The van der Waals surface area contributed by atoms with Crippen LogP contribution < -0.4 is 4.74 Å². The van der Waals surface area contributed by atoms with E-state index in [0.29, 0.717) is 6.07 Å². The summed E-state index contributed by atoms with van der Waals surface area (Å²) in [4.78, 5) is 11.7. The number of alkyl halides is 3. The number of nitrogens with zero attached hydrogens (tertiary/aromatic N) is 2. The monoisotopic (exact) mass is 290 g/mol. The van der Waals surface area contributed by atoms with Crippen LogP contribution in [0.1, 0.15) is 18.4 Å². The van der Waals surface area contributed by atoms with E-state index < -0.39 is 28.1 Å². The second-order valence-electron chi connectivity index (χ2n) is 4.53. The fraction of sp³-hybridized carbons (Fsp3) is 0.500. The summed E-state index contributed by atoms with van der Waals surface area (Å²) in [5.74, 6) is -0.501. The highest BCUT2D eigenvalue weighted by molar-refractivity contribution is 5.45. The molecule has 110 valence electrons. The molecule has 1 aliphatic rings. The lowest BCUT2D eigenvalue weighted by Crippen LogP contribution is -2.25. The molecule has 0 radical (unpaired) electrons. The molecule has 0 bridgehead atoms. The van der Waals surface area contributed by atoms with Gasteiger partial charge in [0.2, 0.25) is 0 Å².